The number of nitrogens with zero attached hydrogens (tertiary/aromatic N) is 7. The van der Waals surface area contributed by atoms with E-state index in [1.165, 1.54) is 10.9 Å². The van der Waals surface area contributed by atoms with Crippen LogP contribution < -0.4 is 22.5 Å². The molecule has 0 bridgehead atoms. The quantitative estimate of drug-likeness (QED) is 0.109. The lowest BCUT2D eigenvalue weighted by molar-refractivity contribution is -0.683. The molecule has 3 rings (SSSR count). The van der Waals surface area contributed by atoms with Crippen molar-refractivity contribution in [1.29, 1.82) is 0 Å². The number of azo groups is 1. The third-order valence-corrected chi connectivity index (χ3v) is 5.17. The summed E-state index contributed by atoms with van der Waals surface area (Å²) in [5.41, 5.74) is 1.19. The van der Waals surface area contributed by atoms with Crippen molar-refractivity contribution in [3.63, 3.8) is 0 Å². The number of benzene rings is 1. The second kappa shape index (κ2) is 13.1. The Labute approximate surface area is 217 Å². The largest absolute Gasteiger partial charge is 1.00 e. The van der Waals surface area contributed by atoms with Crippen molar-refractivity contribution in [2.45, 2.75) is 32.9 Å². The first-order valence-corrected chi connectivity index (χ1v) is 11.0. The number of hydrogen-bond acceptors (Lipinski definition) is 6. The molecule has 0 saturated heterocycles. The van der Waals surface area contributed by atoms with E-state index in [9.17, 15) is 24.6 Å². The zero-order valence-electron chi connectivity index (χ0n) is 20.0. The summed E-state index contributed by atoms with van der Waals surface area (Å²) in [6.07, 6.45) is 1.58. The smallest absolute Gasteiger partial charge is 0.509 e. The van der Waals surface area contributed by atoms with Gasteiger partial charge in [-0.15, -0.1) is 19.9 Å². The van der Waals surface area contributed by atoms with E-state index in [0.29, 0.717) is 16.5 Å². The number of carbonyl (C=O) groups is 3. The lowest BCUT2D eigenvalue weighted by Gasteiger charge is -2.07. The highest BCUT2D eigenvalue weighted by Gasteiger charge is 2.30. The molecule has 1 unspecified atom stereocenters. The Balaban J connectivity index is 0.00000481. The van der Waals surface area contributed by atoms with Crippen LogP contribution in [-0.2, 0) is 16.1 Å². The van der Waals surface area contributed by atoms with Gasteiger partial charge in [0.2, 0.25) is 6.04 Å². The van der Waals surface area contributed by atoms with Gasteiger partial charge in [-0.25, -0.2) is 9.36 Å². The van der Waals surface area contributed by atoms with Gasteiger partial charge >= 0.3 is 18.0 Å². The summed E-state index contributed by atoms with van der Waals surface area (Å²) >= 11 is 0. The van der Waals surface area contributed by atoms with Gasteiger partial charge in [-0.05, 0) is 24.3 Å². The van der Waals surface area contributed by atoms with Crippen molar-refractivity contribution in [3.8, 4) is 0 Å². The van der Waals surface area contributed by atoms with Gasteiger partial charge in [0.05, 0.1) is 6.42 Å². The van der Waals surface area contributed by atoms with Gasteiger partial charge in [-0.1, -0.05) is 32.0 Å². The third kappa shape index (κ3) is 7.30. The number of imidazole rings is 1. The van der Waals surface area contributed by atoms with E-state index in [2.05, 4.69) is 20.4 Å². The maximum Gasteiger partial charge on any atom is 0.509 e. The van der Waals surface area contributed by atoms with Gasteiger partial charge < -0.3 is 32.3 Å². The molecular formula is C23H26ClN7O6. The van der Waals surface area contributed by atoms with Crippen molar-refractivity contribution in [1.82, 2.24) is 9.13 Å². The molecule has 3 aromatic rings. The number of amidine groups is 1. The number of aliphatic carboxylic acids is 2. The van der Waals surface area contributed by atoms with Crippen LogP contribution in [0.15, 0.2) is 75.4 Å². The molecule has 1 atom stereocenters. The molecular weight excluding hydrogens is 506 g/mol. The third-order valence-electron chi connectivity index (χ3n) is 5.17. The Kier molecular flexibility index (Phi) is 10.2. The SMILES string of the molecule is CC(C)C(N=NCC(C(=O)O)[n+]1cn(C(=O)O)c2ccccc21)=NN=c1ccccn1CCC(=O)O.[Cl-]. The Morgan fingerprint density at radius 3 is 2.38 bits per heavy atom. The highest BCUT2D eigenvalue weighted by Crippen LogP contribution is 2.14. The molecule has 0 aliphatic carbocycles. The maximum absolute atomic E-state index is 12.0. The Morgan fingerprint density at radius 2 is 1.73 bits per heavy atom. The fourth-order valence-corrected chi connectivity index (χ4v) is 3.33. The van der Waals surface area contributed by atoms with E-state index >= 15 is 0 Å². The number of hydrogen-bond donors (Lipinski definition) is 3. The molecule has 0 fully saturated rings. The van der Waals surface area contributed by atoms with Gasteiger partial charge in [0.25, 0.3) is 6.33 Å². The van der Waals surface area contributed by atoms with Crippen LogP contribution in [0.2, 0.25) is 0 Å². The lowest BCUT2D eigenvalue weighted by atomic mass is 10.2. The second-order valence-electron chi connectivity index (χ2n) is 8.05. The number of pyridine rings is 1. The van der Waals surface area contributed by atoms with E-state index in [-0.39, 0.29) is 43.7 Å². The molecule has 0 aliphatic heterocycles. The molecule has 196 valence electrons. The summed E-state index contributed by atoms with van der Waals surface area (Å²) < 4.78 is 3.92. The Hall–Kier alpha value is -4.39. The van der Waals surface area contributed by atoms with Crippen LogP contribution in [0, 0.1) is 5.92 Å². The summed E-state index contributed by atoms with van der Waals surface area (Å²) in [6, 6.07) is 10.5. The van der Waals surface area contributed by atoms with Crippen LogP contribution in [0.3, 0.4) is 0 Å². The molecule has 2 aromatic heterocycles. The fraction of sp³-hybridized carbons (Fsp3) is 0.304. The monoisotopic (exact) mass is 531 g/mol. The van der Waals surface area contributed by atoms with Gasteiger partial charge in [0, 0.05) is 18.7 Å². The number of para-hydroxylation sites is 2. The second-order valence-corrected chi connectivity index (χ2v) is 8.05. The van der Waals surface area contributed by atoms with Crippen molar-refractivity contribution in [2.75, 3.05) is 6.54 Å². The number of aromatic nitrogens is 3. The number of aryl methyl sites for hydroxylation is 1. The summed E-state index contributed by atoms with van der Waals surface area (Å²) in [5.74, 6) is -2.09. The topological polar surface area (TPSA) is 175 Å². The molecule has 0 amide bonds. The molecule has 13 nitrogen and oxygen atoms in total. The minimum Gasteiger partial charge on any atom is -1.00 e. The summed E-state index contributed by atoms with van der Waals surface area (Å²) in [4.78, 5) is 34.5. The molecule has 14 heteroatoms. The van der Waals surface area contributed by atoms with Crippen molar-refractivity contribution in [3.05, 3.63) is 60.5 Å². The zero-order valence-corrected chi connectivity index (χ0v) is 20.8. The normalized spacial score (nSPS) is 13.2. The number of carboxylic acids is 2. The zero-order chi connectivity index (χ0) is 26.2. The standard InChI is InChI=1S/C23H25N7O6.ClH/c1-15(2)21(27-25-19-9-5-6-11-28(19)12-10-20(31)32)26-24-13-18(22(33)34)29-14-30(23(35)36)17-8-4-3-7-16(17)29;/h3-9,11,14-15,18H,10,12-13H2,1-2H3,(H2-,31,32,33,34,35,36);1H. The lowest BCUT2D eigenvalue weighted by Crippen LogP contribution is -3.00. The van der Waals surface area contributed by atoms with Crippen LogP contribution in [0.25, 0.3) is 11.0 Å². The first-order chi connectivity index (χ1) is 17.2. The first-order valence-electron chi connectivity index (χ1n) is 11.0. The molecule has 3 N–H and O–H groups in total. The minimum absolute atomic E-state index is 0. The summed E-state index contributed by atoms with van der Waals surface area (Å²) in [6.45, 7) is 3.58. The number of carboxylic acid groups (broad SMARTS) is 3. The first kappa shape index (κ1) is 28.8. The number of halogens is 1. The van der Waals surface area contributed by atoms with Crippen LogP contribution >= 0.6 is 0 Å². The van der Waals surface area contributed by atoms with Gasteiger partial charge in [-0.3, -0.25) is 4.79 Å². The summed E-state index contributed by atoms with van der Waals surface area (Å²) in [7, 11) is 0. The molecule has 37 heavy (non-hydrogen) atoms. The molecule has 0 radical (unpaired) electrons. The van der Waals surface area contributed by atoms with E-state index < -0.39 is 24.1 Å². The van der Waals surface area contributed by atoms with Crippen molar-refractivity contribution < 1.29 is 46.7 Å². The van der Waals surface area contributed by atoms with E-state index in [4.69, 9.17) is 5.11 Å². The van der Waals surface area contributed by atoms with E-state index in [1.807, 2.05) is 13.8 Å². The predicted octanol–water partition coefficient (Wildman–Crippen LogP) is -0.617. The van der Waals surface area contributed by atoms with E-state index in [1.54, 1.807) is 53.2 Å². The van der Waals surface area contributed by atoms with Crippen LogP contribution in [0.4, 0.5) is 4.79 Å². The summed E-state index contributed by atoms with van der Waals surface area (Å²) in [5, 5.41) is 44.7. The maximum atomic E-state index is 12.0. The molecule has 0 spiro atoms. The van der Waals surface area contributed by atoms with Gasteiger partial charge in [0.1, 0.15) is 6.54 Å². The van der Waals surface area contributed by atoms with Crippen molar-refractivity contribution >= 4 is 34.9 Å². The average Bonchev–Trinajstić information content (AvgIpc) is 3.22. The fourth-order valence-electron chi connectivity index (χ4n) is 3.33. The van der Waals surface area contributed by atoms with Gasteiger partial charge in [-0.2, -0.15) is 9.91 Å². The molecule has 2 heterocycles. The van der Waals surface area contributed by atoms with E-state index in [0.717, 1.165) is 4.57 Å². The van der Waals surface area contributed by atoms with Crippen LogP contribution in [0.5, 0.6) is 0 Å². The highest BCUT2D eigenvalue weighted by atomic mass is 35.5. The van der Waals surface area contributed by atoms with Crippen molar-refractivity contribution in [2.24, 2.45) is 26.3 Å². The molecule has 0 saturated carbocycles. The van der Waals surface area contributed by atoms with Crippen LogP contribution in [0.1, 0.15) is 26.3 Å². The number of fused-ring (bicyclic) bond motifs is 1. The average molecular weight is 532 g/mol. The Morgan fingerprint density at radius 1 is 1.03 bits per heavy atom. The predicted molar refractivity (Wildman–Crippen MR) is 126 cm³/mol. The van der Waals surface area contributed by atoms with Crippen LogP contribution in [-0.4, -0.2) is 54.9 Å². The van der Waals surface area contributed by atoms with Gasteiger partial charge in [0.15, 0.2) is 22.4 Å². The number of rotatable bonds is 9. The Bertz CT molecular complexity index is 1410. The molecule has 1 aromatic carbocycles. The minimum atomic E-state index is -1.24. The highest BCUT2D eigenvalue weighted by molar-refractivity contribution is 5.84. The molecule has 0 aliphatic rings.